The zero-order valence-corrected chi connectivity index (χ0v) is 19.5. The van der Waals surface area contributed by atoms with E-state index in [1.54, 1.807) is 0 Å². The van der Waals surface area contributed by atoms with Crippen LogP contribution < -0.4 is 0 Å². The van der Waals surface area contributed by atoms with Crippen LogP contribution in [0.3, 0.4) is 0 Å². The van der Waals surface area contributed by atoms with Crippen LogP contribution in [-0.4, -0.2) is 10.7 Å². The first-order valence-electron chi connectivity index (χ1n) is 11.6. The number of rotatable bonds is 6. The van der Waals surface area contributed by atoms with Gasteiger partial charge in [0.25, 0.3) is 0 Å². The molecule has 2 nitrogen and oxygen atoms in total. The van der Waals surface area contributed by atoms with Crippen LogP contribution in [0.15, 0.2) is 67.3 Å². The van der Waals surface area contributed by atoms with Crippen molar-refractivity contribution >= 4 is 5.57 Å². The van der Waals surface area contributed by atoms with Crippen molar-refractivity contribution in [1.29, 1.82) is 5.26 Å². The van der Waals surface area contributed by atoms with Crippen LogP contribution in [0.1, 0.15) is 58.1 Å². The molecule has 31 heavy (non-hydrogen) atoms. The summed E-state index contributed by atoms with van der Waals surface area (Å²) in [6, 6.07) is 9.87. The first-order valence-corrected chi connectivity index (χ1v) is 11.6. The maximum absolute atomic E-state index is 11.5. The molecular formula is C29H37NO. The third kappa shape index (κ3) is 4.63. The zero-order chi connectivity index (χ0) is 22.8. The maximum atomic E-state index is 11.5. The summed E-state index contributed by atoms with van der Waals surface area (Å²) in [6.07, 6.45) is 11.5. The number of nitrogens with zero attached hydrogens (tertiary/aromatic N) is 1. The molecule has 0 spiro atoms. The topological polar surface area (TPSA) is 44.0 Å². The lowest BCUT2D eigenvalue weighted by Crippen LogP contribution is -2.49. The summed E-state index contributed by atoms with van der Waals surface area (Å²) in [5.74, 6) is 2.52. The van der Waals surface area contributed by atoms with Gasteiger partial charge in [0.2, 0.25) is 0 Å². The van der Waals surface area contributed by atoms with E-state index >= 15 is 0 Å². The van der Waals surface area contributed by atoms with Crippen molar-refractivity contribution in [2.24, 2.45) is 35.5 Å². The highest BCUT2D eigenvalue weighted by Gasteiger charge is 2.56. The van der Waals surface area contributed by atoms with Gasteiger partial charge in [-0.3, -0.25) is 0 Å². The second kappa shape index (κ2) is 9.41. The molecule has 164 valence electrons. The summed E-state index contributed by atoms with van der Waals surface area (Å²) in [5, 5.41) is 20.6. The first kappa shape index (κ1) is 23.3. The van der Waals surface area contributed by atoms with Crippen LogP contribution >= 0.6 is 0 Å². The zero-order valence-electron chi connectivity index (χ0n) is 19.5. The standard InChI is InChI=1S/C29H37NO/c1-7-25(26-10-8-9-24(16-26)18-30)13-11-19(2)12-14-27-23(6)21(4)17-29(31)22(5)15-20(3)28(27)29/h7-10,12-14,16,19-21,23,27-28,31H,1,5,11,15,17H2,2-4,6H3/b14-12+,25-13+. The van der Waals surface area contributed by atoms with Gasteiger partial charge in [-0.1, -0.05) is 77.3 Å². The summed E-state index contributed by atoms with van der Waals surface area (Å²) in [6.45, 7) is 17.3. The molecule has 0 radical (unpaired) electrons. The van der Waals surface area contributed by atoms with Crippen LogP contribution in [0.4, 0.5) is 0 Å². The minimum absolute atomic E-state index is 0.266. The molecule has 1 aromatic rings. The highest BCUT2D eigenvalue weighted by atomic mass is 16.3. The minimum Gasteiger partial charge on any atom is -0.385 e. The lowest BCUT2D eigenvalue weighted by atomic mass is 9.59. The van der Waals surface area contributed by atoms with Gasteiger partial charge < -0.3 is 5.11 Å². The Morgan fingerprint density at radius 2 is 2.06 bits per heavy atom. The van der Waals surface area contributed by atoms with Gasteiger partial charge in [0, 0.05) is 5.92 Å². The Morgan fingerprint density at radius 3 is 2.74 bits per heavy atom. The molecule has 3 rings (SSSR count). The lowest BCUT2D eigenvalue weighted by Gasteiger charge is -2.48. The van der Waals surface area contributed by atoms with Crippen molar-refractivity contribution in [2.45, 2.75) is 52.6 Å². The predicted octanol–water partition coefficient (Wildman–Crippen LogP) is 6.95. The van der Waals surface area contributed by atoms with E-state index in [0.29, 0.717) is 35.2 Å². The van der Waals surface area contributed by atoms with Crippen molar-refractivity contribution < 1.29 is 5.11 Å². The molecule has 7 unspecified atom stereocenters. The largest absolute Gasteiger partial charge is 0.385 e. The summed E-state index contributed by atoms with van der Waals surface area (Å²) in [4.78, 5) is 0. The first-order chi connectivity index (χ1) is 14.7. The molecule has 2 saturated carbocycles. The summed E-state index contributed by atoms with van der Waals surface area (Å²) < 4.78 is 0. The molecule has 0 aliphatic heterocycles. The molecule has 2 aliphatic rings. The Bertz CT molecular complexity index is 932. The SMILES string of the molecule is C=C/C(=C\CC(C)/C=C/C1C(C)C(C)CC2(O)C(=C)CC(C)C12)c1cccc(C#N)c1. The molecule has 2 heteroatoms. The van der Waals surface area contributed by atoms with E-state index in [4.69, 9.17) is 5.26 Å². The number of allylic oxidation sites excluding steroid dienone is 5. The molecule has 0 aromatic heterocycles. The molecule has 1 aromatic carbocycles. The highest BCUT2D eigenvalue weighted by Crippen LogP contribution is 2.57. The lowest BCUT2D eigenvalue weighted by molar-refractivity contribution is -0.0681. The van der Waals surface area contributed by atoms with Gasteiger partial charge in [0.1, 0.15) is 0 Å². The third-order valence-electron chi connectivity index (χ3n) is 7.81. The normalized spacial score (nSPS) is 34.4. The van der Waals surface area contributed by atoms with Gasteiger partial charge in [-0.2, -0.15) is 5.26 Å². The van der Waals surface area contributed by atoms with Gasteiger partial charge in [0.05, 0.1) is 17.2 Å². The fourth-order valence-corrected chi connectivity index (χ4v) is 5.85. The minimum atomic E-state index is -0.703. The molecule has 1 N–H and O–H groups in total. The van der Waals surface area contributed by atoms with Crippen LogP contribution in [0.25, 0.3) is 5.57 Å². The highest BCUT2D eigenvalue weighted by molar-refractivity contribution is 5.74. The van der Waals surface area contributed by atoms with E-state index in [1.165, 1.54) is 0 Å². The Kier molecular flexibility index (Phi) is 7.07. The monoisotopic (exact) mass is 415 g/mol. The van der Waals surface area contributed by atoms with Gasteiger partial charge in [-0.05, 0) is 77.7 Å². The number of hydrogen-bond acceptors (Lipinski definition) is 2. The molecule has 0 saturated heterocycles. The van der Waals surface area contributed by atoms with E-state index in [9.17, 15) is 5.11 Å². The molecule has 7 atom stereocenters. The molecule has 0 amide bonds. The van der Waals surface area contributed by atoms with Crippen molar-refractivity contribution in [2.75, 3.05) is 0 Å². The second-order valence-corrected chi connectivity index (χ2v) is 10.0. The fourth-order valence-electron chi connectivity index (χ4n) is 5.85. The van der Waals surface area contributed by atoms with Crippen molar-refractivity contribution in [3.63, 3.8) is 0 Å². The number of aliphatic hydroxyl groups is 1. The van der Waals surface area contributed by atoms with Crippen molar-refractivity contribution in [3.05, 3.63) is 78.4 Å². The van der Waals surface area contributed by atoms with Crippen LogP contribution in [0.2, 0.25) is 0 Å². The van der Waals surface area contributed by atoms with Crippen molar-refractivity contribution in [3.8, 4) is 6.07 Å². The molecule has 0 heterocycles. The quantitative estimate of drug-likeness (QED) is 0.404. The molecule has 0 bridgehead atoms. The number of nitriles is 1. The number of fused-ring (bicyclic) bond motifs is 1. The fraction of sp³-hybridized carbons (Fsp3) is 0.483. The number of hydrogen-bond donors (Lipinski definition) is 1. The van der Waals surface area contributed by atoms with Crippen LogP contribution in [0.5, 0.6) is 0 Å². The van der Waals surface area contributed by atoms with E-state index < -0.39 is 5.60 Å². The van der Waals surface area contributed by atoms with Crippen molar-refractivity contribution in [1.82, 2.24) is 0 Å². The van der Waals surface area contributed by atoms with E-state index in [2.05, 4.69) is 65.2 Å². The average Bonchev–Trinajstić information content (AvgIpc) is 2.97. The third-order valence-corrected chi connectivity index (χ3v) is 7.81. The summed E-state index contributed by atoms with van der Waals surface area (Å²) >= 11 is 0. The average molecular weight is 416 g/mol. The van der Waals surface area contributed by atoms with Gasteiger partial charge in [-0.25, -0.2) is 0 Å². The van der Waals surface area contributed by atoms with E-state index in [-0.39, 0.29) is 5.92 Å². The summed E-state index contributed by atoms with van der Waals surface area (Å²) in [7, 11) is 0. The molecule has 2 aliphatic carbocycles. The molecular weight excluding hydrogens is 378 g/mol. The van der Waals surface area contributed by atoms with Crippen LogP contribution in [0, 0.1) is 46.8 Å². The predicted molar refractivity (Wildman–Crippen MR) is 130 cm³/mol. The maximum Gasteiger partial charge on any atom is 0.0991 e. The Morgan fingerprint density at radius 1 is 1.32 bits per heavy atom. The van der Waals surface area contributed by atoms with Gasteiger partial charge in [-0.15, -0.1) is 0 Å². The van der Waals surface area contributed by atoms with Gasteiger partial charge in [0.15, 0.2) is 0 Å². The smallest absolute Gasteiger partial charge is 0.0991 e. The second-order valence-electron chi connectivity index (χ2n) is 10.0. The van der Waals surface area contributed by atoms with Gasteiger partial charge >= 0.3 is 0 Å². The number of benzene rings is 1. The Balaban J connectivity index is 1.75. The van der Waals surface area contributed by atoms with E-state index in [1.807, 2.05) is 30.3 Å². The van der Waals surface area contributed by atoms with Crippen LogP contribution in [-0.2, 0) is 0 Å². The molecule has 2 fully saturated rings. The van der Waals surface area contributed by atoms with E-state index in [0.717, 1.165) is 36.0 Å². The summed E-state index contributed by atoms with van der Waals surface area (Å²) in [5.41, 5.74) is 3.09. The Labute approximate surface area is 188 Å². The Hall–Kier alpha value is -2.37.